The summed E-state index contributed by atoms with van der Waals surface area (Å²) in [6.07, 6.45) is 0. The quantitative estimate of drug-likeness (QED) is 0.782. The van der Waals surface area contributed by atoms with Gasteiger partial charge < -0.3 is 14.8 Å². The smallest absolute Gasteiger partial charge is 0.371 e. The van der Waals surface area contributed by atoms with Gasteiger partial charge in [-0.25, -0.2) is 9.78 Å². The van der Waals surface area contributed by atoms with Crippen molar-refractivity contribution >= 4 is 17.0 Å². The molecule has 0 bridgehead atoms. The van der Waals surface area contributed by atoms with Gasteiger partial charge in [0.15, 0.2) is 0 Å². The van der Waals surface area contributed by atoms with E-state index in [1.807, 2.05) is 6.92 Å². The Bertz CT molecular complexity index is 531. The summed E-state index contributed by atoms with van der Waals surface area (Å²) >= 11 is 0. The van der Waals surface area contributed by atoms with E-state index in [9.17, 15) is 4.79 Å². The van der Waals surface area contributed by atoms with Gasteiger partial charge in [0, 0.05) is 5.56 Å². The number of hydrogen-bond donors (Lipinski definition) is 2. The number of aromatic carboxylic acids is 1. The molecule has 1 heterocycles. The molecule has 5 nitrogen and oxygen atoms in total. The van der Waals surface area contributed by atoms with Crippen molar-refractivity contribution < 1.29 is 14.6 Å². The average Bonchev–Trinajstić information content (AvgIpc) is 2.63. The fourth-order valence-electron chi connectivity index (χ4n) is 1.52. The highest BCUT2D eigenvalue weighted by Gasteiger charge is 2.12. The normalized spacial score (nSPS) is 10.5. The zero-order chi connectivity index (χ0) is 11.0. The monoisotopic (exact) mass is 206 g/mol. The van der Waals surface area contributed by atoms with Gasteiger partial charge in [0.05, 0.1) is 18.1 Å². The lowest BCUT2D eigenvalue weighted by atomic mass is 10.2. The second kappa shape index (κ2) is 3.27. The largest absolute Gasteiger partial charge is 0.496 e. The molecule has 78 valence electrons. The zero-order valence-corrected chi connectivity index (χ0v) is 8.37. The van der Waals surface area contributed by atoms with Crippen LogP contribution in [-0.4, -0.2) is 28.2 Å². The Morgan fingerprint density at radius 3 is 2.87 bits per heavy atom. The van der Waals surface area contributed by atoms with E-state index in [1.54, 1.807) is 19.2 Å². The third-order valence-corrected chi connectivity index (χ3v) is 2.28. The molecule has 0 spiro atoms. The zero-order valence-electron chi connectivity index (χ0n) is 8.37. The molecule has 0 aliphatic carbocycles. The number of ether oxygens (including phenoxy) is 1. The number of aryl methyl sites for hydroxylation is 1. The lowest BCUT2D eigenvalue weighted by molar-refractivity contribution is 0.0685. The van der Waals surface area contributed by atoms with Gasteiger partial charge in [0.25, 0.3) is 0 Å². The number of rotatable bonds is 2. The van der Waals surface area contributed by atoms with Crippen LogP contribution in [0.2, 0.25) is 0 Å². The Kier molecular flexibility index (Phi) is 2.07. The first-order valence-corrected chi connectivity index (χ1v) is 4.40. The number of benzene rings is 1. The molecule has 0 saturated carbocycles. The van der Waals surface area contributed by atoms with Gasteiger partial charge in [0.1, 0.15) is 5.75 Å². The Hall–Kier alpha value is -2.04. The molecule has 1 aromatic heterocycles. The third-order valence-electron chi connectivity index (χ3n) is 2.28. The van der Waals surface area contributed by atoms with Crippen molar-refractivity contribution in [3.05, 3.63) is 23.5 Å². The van der Waals surface area contributed by atoms with E-state index < -0.39 is 5.97 Å². The van der Waals surface area contributed by atoms with Gasteiger partial charge in [-0.2, -0.15) is 0 Å². The minimum atomic E-state index is -1.07. The first-order valence-electron chi connectivity index (χ1n) is 4.40. The van der Waals surface area contributed by atoms with Crippen molar-refractivity contribution in [3.63, 3.8) is 0 Å². The maximum Gasteiger partial charge on any atom is 0.371 e. The van der Waals surface area contributed by atoms with Crippen molar-refractivity contribution in [2.45, 2.75) is 6.92 Å². The predicted molar refractivity (Wildman–Crippen MR) is 54.3 cm³/mol. The van der Waals surface area contributed by atoms with Crippen molar-refractivity contribution in [1.82, 2.24) is 9.97 Å². The average molecular weight is 206 g/mol. The minimum absolute atomic E-state index is 0.0543. The molecule has 0 unspecified atom stereocenters. The van der Waals surface area contributed by atoms with Gasteiger partial charge in [-0.3, -0.25) is 0 Å². The van der Waals surface area contributed by atoms with Gasteiger partial charge in [0.2, 0.25) is 5.82 Å². The molecular formula is C10H10N2O3. The van der Waals surface area contributed by atoms with Crippen LogP contribution in [0, 0.1) is 6.92 Å². The van der Waals surface area contributed by atoms with Crippen LogP contribution < -0.4 is 4.74 Å². The van der Waals surface area contributed by atoms with E-state index in [0.29, 0.717) is 16.8 Å². The highest BCUT2D eigenvalue weighted by atomic mass is 16.5. The van der Waals surface area contributed by atoms with Crippen LogP contribution in [0.3, 0.4) is 0 Å². The van der Waals surface area contributed by atoms with Crippen molar-refractivity contribution in [2.24, 2.45) is 0 Å². The van der Waals surface area contributed by atoms with Crippen molar-refractivity contribution in [3.8, 4) is 5.75 Å². The molecule has 2 N–H and O–H groups in total. The predicted octanol–water partition coefficient (Wildman–Crippen LogP) is 1.58. The summed E-state index contributed by atoms with van der Waals surface area (Å²) in [5.74, 6) is -0.420. The van der Waals surface area contributed by atoms with E-state index >= 15 is 0 Å². The van der Waals surface area contributed by atoms with Crippen molar-refractivity contribution in [1.29, 1.82) is 0 Å². The highest BCUT2D eigenvalue weighted by Crippen LogP contribution is 2.25. The molecule has 0 radical (unpaired) electrons. The summed E-state index contributed by atoms with van der Waals surface area (Å²) in [7, 11) is 1.57. The van der Waals surface area contributed by atoms with Gasteiger partial charge in [-0.05, 0) is 19.1 Å². The van der Waals surface area contributed by atoms with Crippen LogP contribution in [0.5, 0.6) is 5.75 Å². The summed E-state index contributed by atoms with van der Waals surface area (Å²) in [6.45, 7) is 1.84. The SMILES string of the molecule is COc1ccc2[nH]c(C(=O)O)nc2c1C. The Labute approximate surface area is 85.7 Å². The first-order chi connectivity index (χ1) is 7.13. The molecule has 0 saturated heterocycles. The van der Waals surface area contributed by atoms with E-state index in [4.69, 9.17) is 9.84 Å². The maximum absolute atomic E-state index is 10.7. The fraction of sp³-hybridized carbons (Fsp3) is 0.200. The Morgan fingerprint density at radius 2 is 2.27 bits per heavy atom. The Morgan fingerprint density at radius 1 is 1.53 bits per heavy atom. The van der Waals surface area contributed by atoms with E-state index in [2.05, 4.69) is 9.97 Å². The second-order valence-electron chi connectivity index (χ2n) is 3.18. The molecule has 0 fully saturated rings. The number of hydrogen-bond acceptors (Lipinski definition) is 3. The fourth-order valence-corrected chi connectivity index (χ4v) is 1.52. The van der Waals surface area contributed by atoms with Gasteiger partial charge in [-0.1, -0.05) is 0 Å². The van der Waals surface area contributed by atoms with Crippen LogP contribution in [-0.2, 0) is 0 Å². The van der Waals surface area contributed by atoms with E-state index in [-0.39, 0.29) is 5.82 Å². The van der Waals surface area contributed by atoms with Crippen LogP contribution in [0.1, 0.15) is 16.2 Å². The number of nitrogens with one attached hydrogen (secondary N) is 1. The summed E-state index contributed by atoms with van der Waals surface area (Å²) in [5.41, 5.74) is 2.16. The number of aromatic amines is 1. The van der Waals surface area contributed by atoms with Crippen LogP contribution in [0.15, 0.2) is 12.1 Å². The first kappa shape index (κ1) is 9.51. The standard InChI is InChI=1S/C10H10N2O3/c1-5-7(15-2)4-3-6-8(5)12-9(11-6)10(13)14/h3-4H,1-2H3,(H,11,12)(H,13,14). The van der Waals surface area contributed by atoms with Crippen LogP contribution in [0.4, 0.5) is 0 Å². The number of imidazole rings is 1. The van der Waals surface area contributed by atoms with E-state index in [1.165, 1.54) is 0 Å². The van der Waals surface area contributed by atoms with Crippen LogP contribution in [0.25, 0.3) is 11.0 Å². The molecule has 2 rings (SSSR count). The summed E-state index contributed by atoms with van der Waals surface area (Å²) in [5, 5.41) is 8.78. The summed E-state index contributed by atoms with van der Waals surface area (Å²) in [4.78, 5) is 17.4. The lowest BCUT2D eigenvalue weighted by Crippen LogP contribution is -1.97. The third kappa shape index (κ3) is 1.41. The summed E-state index contributed by atoms with van der Waals surface area (Å²) in [6, 6.07) is 3.53. The number of methoxy groups -OCH3 is 1. The highest BCUT2D eigenvalue weighted by molar-refractivity contribution is 5.90. The number of carboxylic acids is 1. The molecule has 0 amide bonds. The number of carbonyl (C=O) groups is 1. The topological polar surface area (TPSA) is 75.2 Å². The Balaban J connectivity index is 2.71. The lowest BCUT2D eigenvalue weighted by Gasteiger charge is -2.03. The number of aromatic nitrogens is 2. The second-order valence-corrected chi connectivity index (χ2v) is 3.18. The molecule has 5 heteroatoms. The number of H-pyrrole nitrogens is 1. The van der Waals surface area contributed by atoms with Gasteiger partial charge >= 0.3 is 5.97 Å². The van der Waals surface area contributed by atoms with Crippen LogP contribution >= 0.6 is 0 Å². The van der Waals surface area contributed by atoms with Gasteiger partial charge in [-0.15, -0.1) is 0 Å². The number of carboxylic acid groups (broad SMARTS) is 1. The molecule has 15 heavy (non-hydrogen) atoms. The van der Waals surface area contributed by atoms with Crippen molar-refractivity contribution in [2.75, 3.05) is 7.11 Å². The minimum Gasteiger partial charge on any atom is -0.496 e. The molecular weight excluding hydrogens is 196 g/mol. The van der Waals surface area contributed by atoms with E-state index in [0.717, 1.165) is 5.56 Å². The number of nitrogens with zero attached hydrogens (tertiary/aromatic N) is 1. The summed E-state index contributed by atoms with van der Waals surface area (Å²) < 4.78 is 5.12. The molecule has 1 aromatic carbocycles. The number of fused-ring (bicyclic) bond motifs is 1. The maximum atomic E-state index is 10.7. The molecule has 0 aliphatic rings. The molecule has 2 aromatic rings. The molecule has 0 atom stereocenters. The molecule has 0 aliphatic heterocycles.